The fourth-order valence-electron chi connectivity index (χ4n) is 2.51. The average molecular weight is 298 g/mol. The summed E-state index contributed by atoms with van der Waals surface area (Å²) in [5, 5.41) is 8.72. The highest BCUT2D eigenvalue weighted by molar-refractivity contribution is 5.54. The molecule has 112 valence electrons. The van der Waals surface area contributed by atoms with Crippen LogP contribution in [-0.2, 0) is 0 Å². The highest BCUT2D eigenvalue weighted by Crippen LogP contribution is 2.25. The van der Waals surface area contributed by atoms with Crippen molar-refractivity contribution in [2.45, 2.75) is 38.2 Å². The van der Waals surface area contributed by atoms with Gasteiger partial charge in [-0.25, -0.2) is 19.3 Å². The summed E-state index contributed by atoms with van der Waals surface area (Å²) in [7, 11) is 0. The van der Waals surface area contributed by atoms with Crippen molar-refractivity contribution >= 4 is 0 Å². The van der Waals surface area contributed by atoms with Gasteiger partial charge in [0, 0.05) is 24.2 Å². The summed E-state index contributed by atoms with van der Waals surface area (Å²) >= 11 is 0. The van der Waals surface area contributed by atoms with Crippen molar-refractivity contribution in [1.29, 1.82) is 5.26 Å². The zero-order valence-electron chi connectivity index (χ0n) is 12.0. The lowest BCUT2D eigenvalue weighted by Gasteiger charge is -2.22. The number of rotatable bonds is 3. The van der Waals surface area contributed by atoms with Gasteiger partial charge in [-0.15, -0.1) is 0 Å². The molecule has 0 atom stereocenters. The summed E-state index contributed by atoms with van der Waals surface area (Å²) in [6, 6.07) is 3.25. The second-order valence-electron chi connectivity index (χ2n) is 5.30. The first-order valence-electron chi connectivity index (χ1n) is 7.31. The van der Waals surface area contributed by atoms with Gasteiger partial charge >= 0.3 is 0 Å². The minimum absolute atomic E-state index is 0.0318. The first kappa shape index (κ1) is 14.4. The van der Waals surface area contributed by atoms with Crippen LogP contribution in [0.15, 0.2) is 24.7 Å². The number of hydrogen-bond donors (Lipinski definition) is 0. The molecule has 0 aliphatic heterocycles. The van der Waals surface area contributed by atoms with E-state index in [1.165, 1.54) is 31.1 Å². The van der Waals surface area contributed by atoms with Gasteiger partial charge in [-0.05, 0) is 31.7 Å². The van der Waals surface area contributed by atoms with Crippen molar-refractivity contribution in [3.8, 4) is 23.3 Å². The highest BCUT2D eigenvalue weighted by atomic mass is 19.1. The molecule has 0 spiro atoms. The Hall–Kier alpha value is -2.55. The number of pyridine rings is 1. The molecule has 22 heavy (non-hydrogen) atoms. The summed E-state index contributed by atoms with van der Waals surface area (Å²) in [6.45, 7) is 0. The number of hydrogen-bond acceptors (Lipinski definition) is 5. The largest absolute Gasteiger partial charge is 0.472 e. The van der Waals surface area contributed by atoms with E-state index in [2.05, 4.69) is 15.0 Å². The predicted octanol–water partition coefficient (Wildman–Crippen LogP) is 3.26. The molecule has 0 unspecified atom stereocenters. The molecular formula is C16H15FN4O. The van der Waals surface area contributed by atoms with E-state index in [4.69, 9.17) is 10.00 Å². The van der Waals surface area contributed by atoms with Crippen LogP contribution < -0.4 is 4.74 Å². The van der Waals surface area contributed by atoms with Gasteiger partial charge in [0.25, 0.3) is 5.88 Å². The minimum atomic E-state index is -0.518. The summed E-state index contributed by atoms with van der Waals surface area (Å²) < 4.78 is 19.8. The third-order valence-electron chi connectivity index (χ3n) is 3.68. The van der Waals surface area contributed by atoms with Crippen LogP contribution in [0.25, 0.3) is 11.4 Å². The molecule has 1 saturated carbocycles. The molecule has 0 bridgehead atoms. The van der Waals surface area contributed by atoms with E-state index in [9.17, 15) is 4.39 Å². The molecule has 5 nitrogen and oxygen atoms in total. The zero-order chi connectivity index (χ0) is 15.4. The topological polar surface area (TPSA) is 71.7 Å². The van der Waals surface area contributed by atoms with Crippen molar-refractivity contribution in [3.05, 3.63) is 36.0 Å². The zero-order valence-corrected chi connectivity index (χ0v) is 12.0. The first-order chi connectivity index (χ1) is 10.8. The van der Waals surface area contributed by atoms with Crippen LogP contribution in [0.5, 0.6) is 5.88 Å². The molecule has 0 amide bonds. The maximum Gasteiger partial charge on any atom is 0.250 e. The van der Waals surface area contributed by atoms with Gasteiger partial charge in [-0.3, -0.25) is 0 Å². The first-order valence-corrected chi connectivity index (χ1v) is 7.31. The molecule has 2 aromatic heterocycles. The Balaban J connectivity index is 1.77. The second-order valence-corrected chi connectivity index (χ2v) is 5.30. The SMILES string of the molecule is N#Cc1cnc(-c2cnc(OC3CCCCC3)c(F)c2)nc1. The number of aromatic nitrogens is 3. The van der Waals surface area contributed by atoms with Crippen LogP contribution in [0.3, 0.4) is 0 Å². The Morgan fingerprint density at radius 1 is 1.09 bits per heavy atom. The summed E-state index contributed by atoms with van der Waals surface area (Å²) in [5.74, 6) is -0.157. The summed E-state index contributed by atoms with van der Waals surface area (Å²) in [4.78, 5) is 12.1. The lowest BCUT2D eigenvalue weighted by molar-refractivity contribution is 0.142. The Kier molecular flexibility index (Phi) is 4.24. The fourth-order valence-corrected chi connectivity index (χ4v) is 2.51. The maximum atomic E-state index is 14.1. The van der Waals surface area contributed by atoms with Gasteiger partial charge in [-0.2, -0.15) is 5.26 Å². The number of halogens is 1. The van der Waals surface area contributed by atoms with E-state index in [0.717, 1.165) is 25.7 Å². The van der Waals surface area contributed by atoms with Crippen LogP contribution in [0, 0.1) is 17.1 Å². The molecule has 2 aromatic rings. The summed E-state index contributed by atoms with van der Waals surface area (Å²) in [6.07, 6.45) is 9.66. The van der Waals surface area contributed by atoms with Crippen LogP contribution in [0.1, 0.15) is 37.7 Å². The molecule has 1 aliphatic rings. The predicted molar refractivity (Wildman–Crippen MR) is 77.4 cm³/mol. The standard InChI is InChI=1S/C16H15FN4O/c17-14-6-12(15-19-8-11(7-18)9-20-15)10-21-16(14)22-13-4-2-1-3-5-13/h6,8-10,13H,1-5H2. The third-order valence-corrected chi connectivity index (χ3v) is 3.68. The van der Waals surface area contributed by atoms with Crippen molar-refractivity contribution in [1.82, 2.24) is 15.0 Å². The van der Waals surface area contributed by atoms with Crippen molar-refractivity contribution < 1.29 is 9.13 Å². The van der Waals surface area contributed by atoms with E-state index >= 15 is 0 Å². The van der Waals surface area contributed by atoms with Crippen LogP contribution in [-0.4, -0.2) is 21.1 Å². The quantitative estimate of drug-likeness (QED) is 0.869. The normalized spacial score (nSPS) is 15.3. The van der Waals surface area contributed by atoms with Gasteiger partial charge in [0.15, 0.2) is 11.6 Å². The third kappa shape index (κ3) is 3.19. The molecule has 1 fully saturated rings. The van der Waals surface area contributed by atoms with Crippen LogP contribution in [0.4, 0.5) is 4.39 Å². The summed E-state index contributed by atoms with van der Waals surface area (Å²) in [5.41, 5.74) is 0.812. The molecule has 6 heteroatoms. The van der Waals surface area contributed by atoms with E-state index in [1.54, 1.807) is 0 Å². The van der Waals surface area contributed by atoms with E-state index < -0.39 is 5.82 Å². The molecule has 0 N–H and O–H groups in total. The number of ether oxygens (including phenoxy) is 1. The number of nitriles is 1. The van der Waals surface area contributed by atoms with E-state index in [0.29, 0.717) is 17.0 Å². The maximum absolute atomic E-state index is 14.1. The lowest BCUT2D eigenvalue weighted by Crippen LogP contribution is -2.20. The van der Waals surface area contributed by atoms with Gasteiger partial charge in [0.1, 0.15) is 12.2 Å². The fraction of sp³-hybridized carbons (Fsp3) is 0.375. The Bertz CT molecular complexity index is 690. The highest BCUT2D eigenvalue weighted by Gasteiger charge is 2.18. The average Bonchev–Trinajstić information content (AvgIpc) is 2.58. The second kappa shape index (κ2) is 6.48. The molecular weight excluding hydrogens is 283 g/mol. The van der Waals surface area contributed by atoms with Crippen LogP contribution >= 0.6 is 0 Å². The van der Waals surface area contributed by atoms with Crippen molar-refractivity contribution in [3.63, 3.8) is 0 Å². The molecule has 0 aromatic carbocycles. The van der Waals surface area contributed by atoms with Gasteiger partial charge in [0.05, 0.1) is 5.56 Å². The lowest BCUT2D eigenvalue weighted by atomic mass is 9.98. The Morgan fingerprint density at radius 2 is 1.82 bits per heavy atom. The Morgan fingerprint density at radius 3 is 2.45 bits per heavy atom. The molecule has 1 aliphatic carbocycles. The smallest absolute Gasteiger partial charge is 0.250 e. The van der Waals surface area contributed by atoms with Gasteiger partial charge in [-0.1, -0.05) is 6.42 Å². The molecule has 2 heterocycles. The van der Waals surface area contributed by atoms with Crippen molar-refractivity contribution in [2.24, 2.45) is 0 Å². The number of nitrogens with zero attached hydrogens (tertiary/aromatic N) is 4. The monoisotopic (exact) mass is 298 g/mol. The molecule has 0 radical (unpaired) electrons. The Labute approximate surface area is 127 Å². The minimum Gasteiger partial charge on any atom is -0.472 e. The molecule has 3 rings (SSSR count). The van der Waals surface area contributed by atoms with Gasteiger partial charge < -0.3 is 4.74 Å². The molecule has 0 saturated heterocycles. The van der Waals surface area contributed by atoms with E-state index in [1.807, 2.05) is 6.07 Å². The van der Waals surface area contributed by atoms with E-state index in [-0.39, 0.29) is 12.0 Å². The van der Waals surface area contributed by atoms with Gasteiger partial charge in [0.2, 0.25) is 0 Å². The van der Waals surface area contributed by atoms with Crippen LogP contribution in [0.2, 0.25) is 0 Å². The van der Waals surface area contributed by atoms with Crippen molar-refractivity contribution in [2.75, 3.05) is 0 Å².